The first-order chi connectivity index (χ1) is 14.0. The van der Waals surface area contributed by atoms with Gasteiger partial charge in [-0.25, -0.2) is 9.97 Å². The van der Waals surface area contributed by atoms with Crippen LogP contribution in [0.2, 0.25) is 0 Å². The van der Waals surface area contributed by atoms with E-state index in [9.17, 15) is 4.79 Å². The molecule has 3 aromatic rings. The van der Waals surface area contributed by atoms with E-state index in [2.05, 4.69) is 58.7 Å². The van der Waals surface area contributed by atoms with E-state index in [1.807, 2.05) is 6.92 Å². The lowest BCUT2D eigenvalue weighted by Crippen LogP contribution is -2.16. The van der Waals surface area contributed by atoms with Crippen LogP contribution in [0.5, 0.6) is 0 Å². The Labute approximate surface area is 170 Å². The lowest BCUT2D eigenvalue weighted by Gasteiger charge is -2.15. The van der Waals surface area contributed by atoms with Gasteiger partial charge in [-0.1, -0.05) is 32.0 Å². The molecule has 2 aromatic carbocycles. The summed E-state index contributed by atoms with van der Waals surface area (Å²) in [5, 5.41) is 15.0. The zero-order chi connectivity index (χ0) is 20.8. The molecular weight excluding hydrogens is 362 g/mol. The van der Waals surface area contributed by atoms with E-state index in [0.717, 1.165) is 18.5 Å². The molecule has 0 aliphatic carbocycles. The van der Waals surface area contributed by atoms with Crippen LogP contribution in [0, 0.1) is 18.3 Å². The topological polar surface area (TPSA) is 90.7 Å². The Balaban J connectivity index is 1.86. The van der Waals surface area contributed by atoms with Gasteiger partial charge in [-0.15, -0.1) is 0 Å². The van der Waals surface area contributed by atoms with E-state index in [4.69, 9.17) is 5.26 Å². The number of aryl methyl sites for hydroxylation is 3. The van der Waals surface area contributed by atoms with E-state index >= 15 is 0 Å². The summed E-state index contributed by atoms with van der Waals surface area (Å²) < 4.78 is 0. The maximum atomic E-state index is 12.7. The number of aromatic nitrogens is 2. The molecule has 0 unspecified atom stereocenters. The molecule has 0 saturated heterocycles. The van der Waals surface area contributed by atoms with E-state index in [-0.39, 0.29) is 11.6 Å². The second-order valence-corrected chi connectivity index (χ2v) is 6.64. The number of nitrogens with zero attached hydrogens (tertiary/aromatic N) is 3. The average molecular weight is 385 g/mol. The van der Waals surface area contributed by atoms with Crippen LogP contribution >= 0.6 is 0 Å². The first-order valence-corrected chi connectivity index (χ1v) is 9.59. The van der Waals surface area contributed by atoms with Crippen molar-refractivity contribution >= 4 is 23.2 Å². The Morgan fingerprint density at radius 2 is 1.69 bits per heavy atom. The van der Waals surface area contributed by atoms with Crippen molar-refractivity contribution in [1.82, 2.24) is 9.97 Å². The van der Waals surface area contributed by atoms with Gasteiger partial charge in [0.05, 0.1) is 11.6 Å². The summed E-state index contributed by atoms with van der Waals surface area (Å²) in [6, 6.07) is 16.6. The lowest BCUT2D eigenvalue weighted by molar-refractivity contribution is 0.102. The summed E-state index contributed by atoms with van der Waals surface area (Å²) in [5.41, 5.74) is 5.46. The molecule has 6 nitrogen and oxygen atoms in total. The molecule has 3 rings (SSSR count). The molecule has 1 amide bonds. The molecule has 2 N–H and O–H groups in total. The molecule has 0 aliphatic rings. The van der Waals surface area contributed by atoms with Gasteiger partial charge in [-0.05, 0) is 61.2 Å². The predicted octanol–water partition coefficient (Wildman–Crippen LogP) is 4.78. The number of carbonyl (C=O) groups excluding carboxylic acids is 1. The third-order valence-corrected chi connectivity index (χ3v) is 4.59. The Hall–Kier alpha value is -3.72. The SMILES string of the molecule is CCc1cccc(CC)c1Nc1nc(C)cc(C(=O)Nc2ccc(C#N)cc2)n1. The van der Waals surface area contributed by atoms with Crippen LogP contribution < -0.4 is 10.6 Å². The summed E-state index contributed by atoms with van der Waals surface area (Å²) >= 11 is 0. The number of hydrogen-bond acceptors (Lipinski definition) is 5. The van der Waals surface area contributed by atoms with E-state index in [1.54, 1.807) is 30.3 Å². The molecular formula is C23H23N5O. The fourth-order valence-electron chi connectivity index (χ4n) is 3.08. The van der Waals surface area contributed by atoms with Crippen LogP contribution in [-0.4, -0.2) is 15.9 Å². The summed E-state index contributed by atoms with van der Waals surface area (Å²) in [6.07, 6.45) is 1.77. The molecule has 0 spiro atoms. The zero-order valence-electron chi connectivity index (χ0n) is 16.8. The van der Waals surface area contributed by atoms with Gasteiger partial charge in [0.2, 0.25) is 5.95 Å². The number of nitrogens with one attached hydrogen (secondary N) is 2. The van der Waals surface area contributed by atoms with Crippen molar-refractivity contribution < 1.29 is 4.79 Å². The minimum Gasteiger partial charge on any atom is -0.324 e. The number of nitriles is 1. The molecule has 0 saturated carbocycles. The smallest absolute Gasteiger partial charge is 0.274 e. The van der Waals surface area contributed by atoms with Crippen LogP contribution in [0.3, 0.4) is 0 Å². The molecule has 1 aromatic heterocycles. The Morgan fingerprint density at radius 1 is 1.03 bits per heavy atom. The van der Waals surface area contributed by atoms with E-state index < -0.39 is 0 Å². The number of anilines is 3. The van der Waals surface area contributed by atoms with E-state index in [0.29, 0.717) is 22.9 Å². The molecule has 0 fully saturated rings. The standard InChI is InChI=1S/C23H23N5O/c1-4-17-7-6-8-18(5-2)21(17)28-23-25-15(3)13-20(27-23)22(29)26-19-11-9-16(14-24)10-12-19/h6-13H,4-5H2,1-3H3,(H,26,29)(H,25,27,28). The number of hydrogen-bond donors (Lipinski definition) is 2. The molecule has 0 aliphatic heterocycles. The van der Waals surface area contributed by atoms with Gasteiger partial charge in [-0.3, -0.25) is 4.79 Å². The normalized spacial score (nSPS) is 10.3. The molecule has 29 heavy (non-hydrogen) atoms. The van der Waals surface area contributed by atoms with Crippen molar-refractivity contribution in [3.8, 4) is 6.07 Å². The Kier molecular flexibility index (Phi) is 6.20. The number of carbonyl (C=O) groups is 1. The molecule has 6 heteroatoms. The van der Waals surface area contributed by atoms with Gasteiger partial charge >= 0.3 is 0 Å². The van der Waals surface area contributed by atoms with Gasteiger partial charge < -0.3 is 10.6 Å². The van der Waals surface area contributed by atoms with Gasteiger partial charge in [0, 0.05) is 17.1 Å². The van der Waals surface area contributed by atoms with Crippen LogP contribution in [0.4, 0.5) is 17.3 Å². The average Bonchev–Trinajstić information content (AvgIpc) is 2.74. The molecule has 0 radical (unpaired) electrons. The van der Waals surface area contributed by atoms with Crippen molar-refractivity contribution in [1.29, 1.82) is 5.26 Å². The van der Waals surface area contributed by atoms with E-state index in [1.165, 1.54) is 11.1 Å². The number of benzene rings is 2. The summed E-state index contributed by atoms with van der Waals surface area (Å²) in [7, 11) is 0. The highest BCUT2D eigenvalue weighted by Crippen LogP contribution is 2.25. The van der Waals surface area contributed by atoms with Crippen molar-refractivity contribution in [3.05, 3.63) is 76.6 Å². The molecule has 0 bridgehead atoms. The van der Waals surface area contributed by atoms with Crippen molar-refractivity contribution in [2.24, 2.45) is 0 Å². The second kappa shape index (κ2) is 8.98. The van der Waals surface area contributed by atoms with Crippen molar-refractivity contribution in [3.63, 3.8) is 0 Å². The number of para-hydroxylation sites is 1. The minimum atomic E-state index is -0.331. The molecule has 146 valence electrons. The van der Waals surface area contributed by atoms with Gasteiger partial charge in [-0.2, -0.15) is 5.26 Å². The Morgan fingerprint density at radius 3 is 2.28 bits per heavy atom. The van der Waals surface area contributed by atoms with Crippen LogP contribution in [0.15, 0.2) is 48.5 Å². The van der Waals surface area contributed by atoms with Gasteiger partial charge in [0.1, 0.15) is 5.69 Å². The van der Waals surface area contributed by atoms with Gasteiger partial charge in [0.15, 0.2) is 0 Å². The molecule has 1 heterocycles. The third-order valence-electron chi connectivity index (χ3n) is 4.59. The third kappa shape index (κ3) is 4.77. The first kappa shape index (κ1) is 20.0. The second-order valence-electron chi connectivity index (χ2n) is 6.64. The highest BCUT2D eigenvalue weighted by atomic mass is 16.1. The predicted molar refractivity (Wildman–Crippen MR) is 114 cm³/mol. The summed E-state index contributed by atoms with van der Waals surface area (Å²) in [6.45, 7) is 6.04. The quantitative estimate of drug-likeness (QED) is 0.637. The summed E-state index contributed by atoms with van der Waals surface area (Å²) in [4.78, 5) is 21.6. The maximum absolute atomic E-state index is 12.7. The van der Waals surface area contributed by atoms with Gasteiger partial charge in [0.25, 0.3) is 5.91 Å². The van der Waals surface area contributed by atoms with Crippen LogP contribution in [0.1, 0.15) is 46.7 Å². The fourth-order valence-corrected chi connectivity index (χ4v) is 3.08. The van der Waals surface area contributed by atoms with Crippen molar-refractivity contribution in [2.45, 2.75) is 33.6 Å². The van der Waals surface area contributed by atoms with Crippen molar-refractivity contribution in [2.75, 3.05) is 10.6 Å². The number of amides is 1. The number of rotatable bonds is 6. The largest absolute Gasteiger partial charge is 0.324 e. The highest BCUT2D eigenvalue weighted by molar-refractivity contribution is 6.03. The monoisotopic (exact) mass is 385 g/mol. The first-order valence-electron chi connectivity index (χ1n) is 9.59. The molecule has 0 atom stereocenters. The van der Waals surface area contributed by atoms with Crippen LogP contribution in [0.25, 0.3) is 0 Å². The Bertz CT molecular complexity index is 1050. The summed E-state index contributed by atoms with van der Waals surface area (Å²) in [5.74, 6) is 0.0633. The lowest BCUT2D eigenvalue weighted by atomic mass is 10.0. The highest BCUT2D eigenvalue weighted by Gasteiger charge is 2.13. The zero-order valence-corrected chi connectivity index (χ0v) is 16.8. The fraction of sp³-hybridized carbons (Fsp3) is 0.217. The minimum absolute atomic E-state index is 0.274. The maximum Gasteiger partial charge on any atom is 0.274 e. The van der Waals surface area contributed by atoms with Crippen LogP contribution in [-0.2, 0) is 12.8 Å².